The minimum absolute atomic E-state index is 0.0544. The first-order valence-corrected chi connectivity index (χ1v) is 6.19. The number of nitrogens with zero attached hydrogens (tertiary/aromatic N) is 3. The zero-order valence-corrected chi connectivity index (χ0v) is 11.2. The Bertz CT molecular complexity index is 597. The summed E-state index contributed by atoms with van der Waals surface area (Å²) in [5.41, 5.74) is 5.90. The maximum absolute atomic E-state index is 11.2. The van der Waals surface area contributed by atoms with Gasteiger partial charge < -0.3 is 15.6 Å². The molecule has 2 aromatic rings. The Morgan fingerprint density at radius 2 is 2.10 bits per heavy atom. The first-order valence-electron chi connectivity index (χ1n) is 5.81. The van der Waals surface area contributed by atoms with Crippen molar-refractivity contribution in [2.45, 2.75) is 6.73 Å². The summed E-state index contributed by atoms with van der Waals surface area (Å²) in [5, 5.41) is 13.3. The normalized spacial score (nSPS) is 10.7. The van der Waals surface area contributed by atoms with Crippen molar-refractivity contribution in [3.05, 3.63) is 35.1 Å². The van der Waals surface area contributed by atoms with E-state index in [-0.39, 0.29) is 25.8 Å². The molecule has 106 valence electrons. The number of aliphatic hydroxyl groups is 1. The Kier molecular flexibility index (Phi) is 4.67. The van der Waals surface area contributed by atoms with Crippen LogP contribution in [0.3, 0.4) is 0 Å². The number of carbonyl (C=O) groups excluding carboxylic acids is 1. The van der Waals surface area contributed by atoms with E-state index < -0.39 is 5.91 Å². The molecule has 0 aliphatic rings. The summed E-state index contributed by atoms with van der Waals surface area (Å²) >= 11 is 5.83. The number of carbonyl (C=O) groups is 1. The Balaban J connectivity index is 2.33. The van der Waals surface area contributed by atoms with Gasteiger partial charge in [-0.2, -0.15) is 0 Å². The third-order valence-electron chi connectivity index (χ3n) is 2.44. The van der Waals surface area contributed by atoms with Gasteiger partial charge in [-0.05, 0) is 24.3 Å². The lowest BCUT2D eigenvalue weighted by Crippen LogP contribution is -2.14. The van der Waals surface area contributed by atoms with Gasteiger partial charge in [-0.1, -0.05) is 11.6 Å². The maximum atomic E-state index is 11.2. The largest absolute Gasteiger partial charge is 0.394 e. The van der Waals surface area contributed by atoms with Crippen LogP contribution in [0.15, 0.2) is 24.3 Å². The van der Waals surface area contributed by atoms with Gasteiger partial charge in [0.25, 0.3) is 5.91 Å². The minimum atomic E-state index is -0.721. The molecule has 0 saturated carbocycles. The molecule has 1 aromatic carbocycles. The second-order valence-electron chi connectivity index (χ2n) is 3.89. The molecule has 20 heavy (non-hydrogen) atoms. The van der Waals surface area contributed by atoms with Crippen LogP contribution in [0.2, 0.25) is 5.02 Å². The molecule has 0 saturated heterocycles. The van der Waals surface area contributed by atoms with Crippen LogP contribution in [0.4, 0.5) is 0 Å². The number of ether oxygens (including phenoxy) is 1. The summed E-state index contributed by atoms with van der Waals surface area (Å²) in [6.45, 7) is 0.109. The molecule has 0 aliphatic heterocycles. The number of benzene rings is 1. The Morgan fingerprint density at radius 3 is 2.70 bits per heavy atom. The average molecular weight is 297 g/mol. The summed E-state index contributed by atoms with van der Waals surface area (Å²) in [5.74, 6) is -0.378. The van der Waals surface area contributed by atoms with Crippen molar-refractivity contribution < 1.29 is 14.6 Å². The van der Waals surface area contributed by atoms with E-state index in [9.17, 15) is 4.79 Å². The number of primary amides is 1. The summed E-state index contributed by atoms with van der Waals surface area (Å²) in [6, 6.07) is 6.90. The smallest absolute Gasteiger partial charge is 0.288 e. The van der Waals surface area contributed by atoms with Crippen LogP contribution in [0.25, 0.3) is 11.4 Å². The molecule has 0 bridgehead atoms. The van der Waals surface area contributed by atoms with E-state index >= 15 is 0 Å². The van der Waals surface area contributed by atoms with Crippen molar-refractivity contribution in [1.82, 2.24) is 14.8 Å². The fraction of sp³-hybridized carbons (Fsp3) is 0.250. The van der Waals surface area contributed by atoms with Gasteiger partial charge in [-0.3, -0.25) is 4.79 Å². The van der Waals surface area contributed by atoms with Gasteiger partial charge in [-0.15, -0.1) is 5.10 Å². The molecule has 1 amide bonds. The standard InChI is InChI=1S/C12H13ClN4O3/c13-9-3-1-8(2-4-9)12-15-11(10(14)19)16-17(12)7-20-6-5-18/h1-4,18H,5-7H2,(H2,14,19). The van der Waals surface area contributed by atoms with E-state index in [4.69, 9.17) is 27.2 Å². The first-order chi connectivity index (χ1) is 9.61. The molecule has 0 unspecified atom stereocenters. The molecular weight excluding hydrogens is 284 g/mol. The highest BCUT2D eigenvalue weighted by Crippen LogP contribution is 2.20. The van der Waals surface area contributed by atoms with Crippen LogP contribution in [-0.2, 0) is 11.5 Å². The third-order valence-corrected chi connectivity index (χ3v) is 2.70. The van der Waals surface area contributed by atoms with Crippen molar-refractivity contribution in [2.24, 2.45) is 5.73 Å². The number of amides is 1. The van der Waals surface area contributed by atoms with Crippen LogP contribution in [-0.4, -0.2) is 39.0 Å². The summed E-state index contributed by atoms with van der Waals surface area (Å²) in [7, 11) is 0. The van der Waals surface area contributed by atoms with Crippen molar-refractivity contribution in [2.75, 3.05) is 13.2 Å². The maximum Gasteiger partial charge on any atom is 0.288 e. The topological polar surface area (TPSA) is 103 Å². The highest BCUT2D eigenvalue weighted by Gasteiger charge is 2.15. The van der Waals surface area contributed by atoms with Crippen molar-refractivity contribution in [3.63, 3.8) is 0 Å². The number of halogens is 1. The van der Waals surface area contributed by atoms with Crippen molar-refractivity contribution in [3.8, 4) is 11.4 Å². The molecular formula is C12H13ClN4O3. The quantitative estimate of drug-likeness (QED) is 0.762. The molecule has 7 nitrogen and oxygen atoms in total. The Morgan fingerprint density at radius 1 is 1.40 bits per heavy atom. The second kappa shape index (κ2) is 6.47. The zero-order valence-electron chi connectivity index (χ0n) is 10.5. The van der Waals surface area contributed by atoms with Crippen LogP contribution in [0, 0.1) is 0 Å². The van der Waals surface area contributed by atoms with E-state index in [1.165, 1.54) is 4.68 Å². The van der Waals surface area contributed by atoms with E-state index in [2.05, 4.69) is 10.1 Å². The lowest BCUT2D eigenvalue weighted by atomic mass is 10.2. The number of aliphatic hydroxyl groups excluding tert-OH is 1. The molecule has 2 rings (SSSR count). The van der Waals surface area contributed by atoms with E-state index in [1.807, 2.05) is 0 Å². The van der Waals surface area contributed by atoms with Gasteiger partial charge in [-0.25, -0.2) is 9.67 Å². The predicted molar refractivity (Wildman–Crippen MR) is 72.0 cm³/mol. The van der Waals surface area contributed by atoms with Crippen molar-refractivity contribution >= 4 is 17.5 Å². The number of hydrogen-bond donors (Lipinski definition) is 2. The van der Waals surface area contributed by atoms with Gasteiger partial charge in [0.15, 0.2) is 5.82 Å². The number of nitrogens with two attached hydrogens (primary N) is 1. The van der Waals surface area contributed by atoms with Crippen LogP contribution in [0.1, 0.15) is 10.6 Å². The van der Waals surface area contributed by atoms with Crippen LogP contribution >= 0.6 is 11.6 Å². The lowest BCUT2D eigenvalue weighted by Gasteiger charge is -2.06. The predicted octanol–water partition coefficient (Wildman–Crippen LogP) is 0.664. The first kappa shape index (κ1) is 14.4. The number of hydrogen-bond acceptors (Lipinski definition) is 5. The van der Waals surface area contributed by atoms with Gasteiger partial charge in [0, 0.05) is 10.6 Å². The van der Waals surface area contributed by atoms with E-state index in [0.717, 1.165) is 5.56 Å². The summed E-state index contributed by atoms with van der Waals surface area (Å²) in [6.07, 6.45) is 0. The second-order valence-corrected chi connectivity index (χ2v) is 4.33. The summed E-state index contributed by atoms with van der Waals surface area (Å²) in [4.78, 5) is 15.2. The SMILES string of the molecule is NC(=O)c1nc(-c2ccc(Cl)cc2)n(COCCO)n1. The number of aromatic nitrogens is 3. The highest BCUT2D eigenvalue weighted by molar-refractivity contribution is 6.30. The Hall–Kier alpha value is -1.96. The fourth-order valence-electron chi connectivity index (χ4n) is 1.56. The average Bonchev–Trinajstić information content (AvgIpc) is 2.84. The highest BCUT2D eigenvalue weighted by atomic mass is 35.5. The van der Waals surface area contributed by atoms with Crippen molar-refractivity contribution in [1.29, 1.82) is 0 Å². The molecule has 1 heterocycles. The zero-order chi connectivity index (χ0) is 14.5. The molecule has 8 heteroatoms. The monoisotopic (exact) mass is 296 g/mol. The number of rotatable bonds is 6. The van der Waals surface area contributed by atoms with Gasteiger partial charge in [0.1, 0.15) is 6.73 Å². The fourth-order valence-corrected chi connectivity index (χ4v) is 1.69. The molecule has 0 atom stereocenters. The third kappa shape index (κ3) is 3.32. The molecule has 0 radical (unpaired) electrons. The molecule has 0 aliphatic carbocycles. The molecule has 0 spiro atoms. The van der Waals surface area contributed by atoms with Gasteiger partial charge in [0.05, 0.1) is 13.2 Å². The van der Waals surface area contributed by atoms with Gasteiger partial charge in [0.2, 0.25) is 5.82 Å². The molecule has 1 aromatic heterocycles. The molecule has 0 fully saturated rings. The van der Waals surface area contributed by atoms with E-state index in [1.54, 1.807) is 24.3 Å². The molecule has 3 N–H and O–H groups in total. The van der Waals surface area contributed by atoms with E-state index in [0.29, 0.717) is 10.8 Å². The lowest BCUT2D eigenvalue weighted by molar-refractivity contribution is 0.0425. The van der Waals surface area contributed by atoms with Crippen LogP contribution < -0.4 is 5.73 Å². The van der Waals surface area contributed by atoms with Crippen LogP contribution in [0.5, 0.6) is 0 Å². The van der Waals surface area contributed by atoms with Gasteiger partial charge >= 0.3 is 0 Å². The minimum Gasteiger partial charge on any atom is -0.394 e. The summed E-state index contributed by atoms with van der Waals surface area (Å²) < 4.78 is 6.58. The Labute approximate surface area is 119 Å².